The Morgan fingerprint density at radius 2 is 1.37 bits per heavy atom. The first-order chi connectivity index (χ1) is 27.1. The number of nitrogens with one attached hydrogen (secondary N) is 2. The zero-order chi connectivity index (χ0) is 45.6. The number of carbonyl (C=O) groups is 4. The lowest BCUT2D eigenvalue weighted by Gasteiger charge is -2.40. The van der Waals surface area contributed by atoms with Crippen molar-refractivity contribution in [3.63, 3.8) is 0 Å². The van der Waals surface area contributed by atoms with Gasteiger partial charge in [-0.25, -0.2) is 4.57 Å². The molecule has 4 unspecified atom stereocenters. The van der Waals surface area contributed by atoms with Crippen molar-refractivity contribution in [3.05, 3.63) is 12.3 Å². The Kier molecular flexibility index (Phi) is 26.4. The van der Waals surface area contributed by atoms with E-state index in [0.717, 1.165) is 44.5 Å². The van der Waals surface area contributed by atoms with Crippen LogP contribution >= 0.6 is 33.1 Å². The molecule has 15 nitrogen and oxygen atoms in total. The molecule has 0 rings (SSSR count). The number of phosphoric ester groups is 1. The summed E-state index contributed by atoms with van der Waals surface area (Å²) in [6, 6.07) is 0. The number of likely N-dealkylation sites (N-methyl/N-ethyl adjacent to an activating group) is 1. The average Bonchev–Trinajstić information content (AvgIpc) is 3.10. The largest absolute Gasteiger partial charge is 0.513 e. The molecule has 0 aromatic rings. The molecular weight excluding hydrogens is 820 g/mol. The molecule has 0 aromatic heterocycles. The summed E-state index contributed by atoms with van der Waals surface area (Å²) in [5.74, 6) is -0.734. The molecule has 0 saturated heterocycles. The molecule has 18 heteroatoms. The quantitative estimate of drug-likeness (QED) is 0.0113. The Bertz CT molecular complexity index is 1360. The summed E-state index contributed by atoms with van der Waals surface area (Å²) in [6.45, 7) is 14.0. The van der Waals surface area contributed by atoms with Crippen molar-refractivity contribution >= 4 is 56.8 Å². The second-order valence-electron chi connectivity index (χ2n) is 18.6. The van der Waals surface area contributed by atoms with Gasteiger partial charge in [0.25, 0.3) is 0 Å². The van der Waals surface area contributed by atoms with Crippen LogP contribution in [-0.2, 0) is 42.3 Å². The number of allylic oxidation sites excluding steroid dienone is 1. The van der Waals surface area contributed by atoms with Crippen molar-refractivity contribution in [2.45, 2.75) is 110 Å². The third-order valence-electron chi connectivity index (χ3n) is 10.3. The highest BCUT2D eigenvalue weighted by atomic mass is 32.1. The average molecular weight is 901 g/mol. The fourth-order valence-electron chi connectivity index (χ4n) is 6.73. The number of quaternary nitrogens is 2. The predicted molar refractivity (Wildman–Crippen MR) is 239 cm³/mol. The zero-order valence-electron chi connectivity index (χ0n) is 37.9. The monoisotopic (exact) mass is 901 g/mol. The van der Waals surface area contributed by atoms with Crippen LogP contribution in [0.5, 0.6) is 0 Å². The Hall–Kier alpha value is -1.85. The third-order valence-corrected chi connectivity index (χ3v) is 12.1. The lowest BCUT2D eigenvalue weighted by atomic mass is 9.64. The van der Waals surface area contributed by atoms with E-state index in [1.807, 2.05) is 28.1 Å². The van der Waals surface area contributed by atoms with Crippen LogP contribution in [0.25, 0.3) is 0 Å². The van der Waals surface area contributed by atoms with Gasteiger partial charge in [-0.3, -0.25) is 28.2 Å². The number of thiol groups is 2. The first kappa shape index (κ1) is 57.1. The molecule has 59 heavy (non-hydrogen) atoms. The maximum absolute atomic E-state index is 14.0. The second-order valence-corrected chi connectivity index (χ2v) is 21.2. The van der Waals surface area contributed by atoms with E-state index in [1.54, 1.807) is 27.7 Å². The van der Waals surface area contributed by atoms with Gasteiger partial charge in [0.1, 0.15) is 26.4 Å². The topological polar surface area (TPSA) is 187 Å². The summed E-state index contributed by atoms with van der Waals surface area (Å²) in [6.07, 6.45) is 6.18. The molecular formula is C41H81N4O11PS2+2. The number of ether oxygens (including phenoxy) is 2. The number of carbonyl (C=O) groups excluding carboxylic acids is 4. The van der Waals surface area contributed by atoms with Gasteiger partial charge in [0.05, 0.1) is 78.1 Å². The summed E-state index contributed by atoms with van der Waals surface area (Å²) in [5.41, 5.74) is -3.63. The first-order valence-electron chi connectivity index (χ1n) is 20.9. The standard InChI is InChI=1S/C41H79N4O11PS2/c1-12-40(5,36(48)43-21-16-24-45(10,11)23-15-17-33(2)46)32-41(6,38(50)53-26-22-42-35(47)19-14-13-18-34(59)20-30-58)31-39(3,4)37(49)54-28-29-56-57(51,52)55-27-25-44(7,8)9/h34H,2,12-32H2,1,3-11H3,(H4-2,42,43,46,47,48,51,52,58,59)/p+2. The maximum Gasteiger partial charge on any atom is 0.472 e. The molecule has 0 bridgehead atoms. The highest BCUT2D eigenvalue weighted by Crippen LogP contribution is 2.46. The minimum absolute atomic E-state index is 0.00516. The van der Waals surface area contributed by atoms with Crippen LogP contribution in [0.3, 0.4) is 0 Å². The molecule has 2 amide bonds. The smallest absolute Gasteiger partial charge is 0.472 e. The van der Waals surface area contributed by atoms with Gasteiger partial charge in [-0.05, 0) is 65.0 Å². The summed E-state index contributed by atoms with van der Waals surface area (Å²) >= 11 is 8.77. The van der Waals surface area contributed by atoms with E-state index in [-0.39, 0.29) is 68.6 Å². The van der Waals surface area contributed by atoms with Gasteiger partial charge in [0.15, 0.2) is 0 Å². The van der Waals surface area contributed by atoms with Gasteiger partial charge in [0.2, 0.25) is 11.8 Å². The number of hydrogen-bond acceptors (Lipinski definition) is 12. The Labute approximate surface area is 366 Å². The van der Waals surface area contributed by atoms with Crippen molar-refractivity contribution in [2.75, 3.05) is 100 Å². The minimum atomic E-state index is -4.37. The fraction of sp³-hybridized carbons (Fsp3) is 0.854. The third kappa shape index (κ3) is 26.3. The lowest BCUT2D eigenvalue weighted by molar-refractivity contribution is -0.890. The zero-order valence-corrected chi connectivity index (χ0v) is 40.6. The molecule has 0 saturated carbocycles. The van der Waals surface area contributed by atoms with E-state index in [9.17, 15) is 33.7 Å². The van der Waals surface area contributed by atoms with Crippen LogP contribution in [0.1, 0.15) is 105 Å². The molecule has 0 aliphatic carbocycles. The molecule has 4 N–H and O–H groups in total. The number of aliphatic hydroxyl groups excluding tert-OH is 1. The molecule has 346 valence electrons. The van der Waals surface area contributed by atoms with Crippen molar-refractivity contribution < 1.29 is 61.2 Å². The van der Waals surface area contributed by atoms with Crippen molar-refractivity contribution in [3.8, 4) is 0 Å². The second kappa shape index (κ2) is 27.3. The summed E-state index contributed by atoms with van der Waals surface area (Å²) in [7, 11) is 5.56. The van der Waals surface area contributed by atoms with E-state index in [2.05, 4.69) is 56.6 Å². The SMILES string of the molecule is C=C(O)CCC[N+](C)(C)CCCNC(=O)C(C)(CC)CC(C)(CC(C)(C)C(=O)OCCOP(=O)(O)OCC[N+](C)(C)C)C(=O)OCCNC(=O)CCCCC(S)CCS. The van der Waals surface area contributed by atoms with Crippen LogP contribution in [0.2, 0.25) is 0 Å². The Balaban J connectivity index is 5.74. The van der Waals surface area contributed by atoms with Crippen LogP contribution in [0, 0.1) is 16.2 Å². The van der Waals surface area contributed by atoms with Crippen LogP contribution in [0.4, 0.5) is 0 Å². The number of unbranched alkanes of at least 4 members (excludes halogenated alkanes) is 1. The Morgan fingerprint density at radius 3 is 1.97 bits per heavy atom. The predicted octanol–water partition coefficient (Wildman–Crippen LogP) is 5.87. The van der Waals surface area contributed by atoms with Crippen molar-refractivity contribution in [1.82, 2.24) is 10.6 Å². The number of phosphoric acid groups is 1. The molecule has 0 aromatic carbocycles. The first-order valence-corrected chi connectivity index (χ1v) is 23.6. The van der Waals surface area contributed by atoms with Gasteiger partial charge in [-0.15, -0.1) is 0 Å². The molecule has 0 radical (unpaired) electrons. The van der Waals surface area contributed by atoms with E-state index < -0.39 is 36.0 Å². The van der Waals surface area contributed by atoms with Gasteiger partial charge in [-0.1, -0.05) is 26.8 Å². The number of nitrogens with zero attached hydrogens (tertiary/aromatic N) is 2. The van der Waals surface area contributed by atoms with Gasteiger partial charge in [-0.2, -0.15) is 25.3 Å². The minimum Gasteiger partial charge on any atom is -0.513 e. The van der Waals surface area contributed by atoms with Gasteiger partial charge in [0, 0.05) is 42.9 Å². The number of amides is 2. The highest BCUT2D eigenvalue weighted by Gasteiger charge is 2.49. The summed E-state index contributed by atoms with van der Waals surface area (Å²) < 4.78 is 34.7. The van der Waals surface area contributed by atoms with E-state index in [4.69, 9.17) is 18.5 Å². The number of rotatable bonds is 34. The van der Waals surface area contributed by atoms with Crippen LogP contribution < -0.4 is 10.6 Å². The summed E-state index contributed by atoms with van der Waals surface area (Å²) in [4.78, 5) is 63.8. The van der Waals surface area contributed by atoms with Gasteiger partial charge >= 0.3 is 19.8 Å². The van der Waals surface area contributed by atoms with E-state index >= 15 is 0 Å². The van der Waals surface area contributed by atoms with Crippen LogP contribution in [-0.4, -0.2) is 148 Å². The molecule has 0 fully saturated rings. The van der Waals surface area contributed by atoms with E-state index in [0.29, 0.717) is 54.2 Å². The molecule has 0 spiro atoms. The molecule has 0 aliphatic heterocycles. The normalized spacial score (nSPS) is 15.9. The molecule has 0 aliphatic rings. The number of hydrogen-bond donors (Lipinski definition) is 6. The number of esters is 2. The molecule has 4 atom stereocenters. The van der Waals surface area contributed by atoms with E-state index in [1.165, 1.54) is 0 Å². The van der Waals surface area contributed by atoms with Crippen LogP contribution in [0.15, 0.2) is 12.3 Å². The maximum atomic E-state index is 14.0. The van der Waals surface area contributed by atoms with Crippen molar-refractivity contribution in [1.29, 1.82) is 0 Å². The summed E-state index contributed by atoms with van der Waals surface area (Å²) in [5, 5.41) is 15.5. The highest BCUT2D eigenvalue weighted by molar-refractivity contribution is 7.81. The Morgan fingerprint density at radius 1 is 0.763 bits per heavy atom. The van der Waals surface area contributed by atoms with Crippen molar-refractivity contribution in [2.24, 2.45) is 16.2 Å². The fourth-order valence-corrected chi connectivity index (χ4v) is 8.25. The van der Waals surface area contributed by atoms with Gasteiger partial charge < -0.3 is 39.1 Å². The lowest BCUT2D eigenvalue weighted by Crippen LogP contribution is -2.48. The number of aliphatic hydroxyl groups is 1. The molecule has 0 heterocycles.